The molecule has 0 bridgehead atoms. The summed E-state index contributed by atoms with van der Waals surface area (Å²) in [6.07, 6.45) is 0.0118. The van der Waals surface area contributed by atoms with Gasteiger partial charge in [-0.3, -0.25) is 10.1 Å². The molecule has 0 aliphatic carbocycles. The van der Waals surface area contributed by atoms with Crippen molar-refractivity contribution in [3.63, 3.8) is 0 Å². The van der Waals surface area contributed by atoms with E-state index in [1.54, 1.807) is 6.92 Å². The third-order valence-corrected chi connectivity index (χ3v) is 4.04. The van der Waals surface area contributed by atoms with Gasteiger partial charge >= 0.3 is 5.69 Å². The minimum absolute atomic E-state index is 0.00589. The fourth-order valence-corrected chi connectivity index (χ4v) is 3.01. The number of hydrogen-bond acceptors (Lipinski definition) is 7. The van der Waals surface area contributed by atoms with E-state index in [2.05, 4.69) is 15.3 Å². The van der Waals surface area contributed by atoms with Crippen LogP contribution < -0.4 is 10.2 Å². The van der Waals surface area contributed by atoms with Crippen LogP contribution in [0.2, 0.25) is 0 Å². The van der Waals surface area contributed by atoms with Gasteiger partial charge in [0.2, 0.25) is 11.8 Å². The fourth-order valence-electron chi connectivity index (χ4n) is 3.01. The molecule has 1 N–H and O–H groups in total. The normalized spacial score (nSPS) is 20.1. The van der Waals surface area contributed by atoms with Crippen LogP contribution >= 0.6 is 0 Å². The lowest BCUT2D eigenvalue weighted by Gasteiger charge is -2.35. The number of ether oxygens (including phenoxy) is 1. The number of rotatable bonds is 4. The van der Waals surface area contributed by atoms with Crippen molar-refractivity contribution in [2.75, 3.05) is 23.3 Å². The van der Waals surface area contributed by atoms with E-state index in [9.17, 15) is 14.5 Å². The molecule has 1 aliphatic heterocycles. The molecule has 2 heterocycles. The Kier molecular flexibility index (Phi) is 4.99. The van der Waals surface area contributed by atoms with Crippen LogP contribution in [0.15, 0.2) is 24.3 Å². The molecule has 0 radical (unpaired) electrons. The number of morpholine rings is 1. The first-order valence-electron chi connectivity index (χ1n) is 8.29. The Balaban J connectivity index is 1.99. The summed E-state index contributed by atoms with van der Waals surface area (Å²) < 4.78 is 18.8. The van der Waals surface area contributed by atoms with Crippen molar-refractivity contribution >= 4 is 23.1 Å². The van der Waals surface area contributed by atoms with Gasteiger partial charge in [0.1, 0.15) is 11.5 Å². The van der Waals surface area contributed by atoms with Gasteiger partial charge in [0.05, 0.1) is 17.1 Å². The van der Waals surface area contributed by atoms with Crippen molar-refractivity contribution in [3.05, 3.63) is 45.9 Å². The molecule has 1 aromatic heterocycles. The topological polar surface area (TPSA) is 93.4 Å². The lowest BCUT2D eigenvalue weighted by Crippen LogP contribution is -2.46. The van der Waals surface area contributed by atoms with E-state index in [0.717, 1.165) is 0 Å². The third-order valence-electron chi connectivity index (χ3n) is 4.04. The SMILES string of the molecule is Cc1nc(N2C[C@@H](C)O[C@H](C)C2)nc(Nc2ccc(F)cc2)c1[N+](=O)[O-]. The Hall–Kier alpha value is -2.81. The molecule has 8 nitrogen and oxygen atoms in total. The quantitative estimate of drug-likeness (QED) is 0.660. The maximum absolute atomic E-state index is 13.1. The number of aromatic nitrogens is 2. The van der Waals surface area contributed by atoms with Crippen molar-refractivity contribution in [2.45, 2.75) is 33.0 Å². The first-order chi connectivity index (χ1) is 12.3. The number of nitro groups is 1. The number of benzene rings is 1. The summed E-state index contributed by atoms with van der Waals surface area (Å²) in [7, 11) is 0. The first-order valence-corrected chi connectivity index (χ1v) is 8.29. The van der Waals surface area contributed by atoms with Gasteiger partial charge in [-0.2, -0.15) is 4.98 Å². The van der Waals surface area contributed by atoms with Gasteiger partial charge in [-0.25, -0.2) is 9.37 Å². The lowest BCUT2D eigenvalue weighted by molar-refractivity contribution is -0.385. The van der Waals surface area contributed by atoms with Crippen LogP contribution in [0.1, 0.15) is 19.5 Å². The van der Waals surface area contributed by atoms with Crippen LogP contribution in [-0.4, -0.2) is 40.2 Å². The van der Waals surface area contributed by atoms with Crippen LogP contribution in [0.4, 0.5) is 27.5 Å². The maximum Gasteiger partial charge on any atom is 0.332 e. The Morgan fingerprint density at radius 2 is 1.85 bits per heavy atom. The molecule has 1 aliphatic rings. The average Bonchev–Trinajstić information content (AvgIpc) is 2.55. The van der Waals surface area contributed by atoms with Gasteiger partial charge in [-0.15, -0.1) is 0 Å². The predicted octanol–water partition coefficient (Wildman–Crippen LogP) is 3.19. The van der Waals surface area contributed by atoms with Crippen molar-refractivity contribution in [1.29, 1.82) is 0 Å². The second kappa shape index (κ2) is 7.20. The zero-order valence-electron chi connectivity index (χ0n) is 14.8. The van der Waals surface area contributed by atoms with E-state index in [4.69, 9.17) is 4.74 Å². The number of aryl methyl sites for hydroxylation is 1. The molecule has 138 valence electrons. The van der Waals surface area contributed by atoms with Gasteiger partial charge < -0.3 is 15.0 Å². The van der Waals surface area contributed by atoms with Gasteiger partial charge in [0.15, 0.2) is 0 Å². The molecule has 3 rings (SSSR count). The summed E-state index contributed by atoms with van der Waals surface area (Å²) in [6, 6.07) is 5.53. The average molecular weight is 361 g/mol. The molecule has 9 heteroatoms. The standard InChI is InChI=1S/C17H20FN5O3/c1-10-8-22(9-11(2)26-10)17-19-12(3)15(23(24)25)16(21-17)20-14-6-4-13(18)5-7-14/h4-7,10-11H,8-9H2,1-3H3,(H,19,20,21)/t10-,11-/m1/s1. The first kappa shape index (κ1) is 18.0. The molecule has 1 saturated heterocycles. The smallest absolute Gasteiger partial charge is 0.332 e. The van der Waals surface area contributed by atoms with Crippen LogP contribution in [0, 0.1) is 22.9 Å². The lowest BCUT2D eigenvalue weighted by atomic mass is 10.2. The van der Waals surface area contributed by atoms with E-state index >= 15 is 0 Å². The minimum atomic E-state index is -0.518. The largest absolute Gasteiger partial charge is 0.372 e. The zero-order chi connectivity index (χ0) is 18.8. The summed E-state index contributed by atoms with van der Waals surface area (Å²) in [5.41, 5.74) is 0.561. The second-order valence-corrected chi connectivity index (χ2v) is 6.36. The Morgan fingerprint density at radius 1 is 1.23 bits per heavy atom. The Labute approximate surface area is 150 Å². The molecule has 1 aromatic carbocycles. The van der Waals surface area contributed by atoms with Crippen LogP contribution in [0.5, 0.6) is 0 Å². The van der Waals surface area contributed by atoms with Gasteiger partial charge in [0.25, 0.3) is 0 Å². The molecule has 0 amide bonds. The van der Waals surface area contributed by atoms with Gasteiger partial charge in [-0.1, -0.05) is 0 Å². The third kappa shape index (κ3) is 3.88. The highest BCUT2D eigenvalue weighted by Gasteiger charge is 2.28. The minimum Gasteiger partial charge on any atom is -0.372 e. The van der Waals surface area contributed by atoms with Crippen LogP contribution in [0.3, 0.4) is 0 Å². The molecule has 0 saturated carbocycles. The maximum atomic E-state index is 13.1. The highest BCUT2D eigenvalue weighted by molar-refractivity contribution is 5.68. The fraction of sp³-hybridized carbons (Fsp3) is 0.412. The van der Waals surface area contributed by atoms with Crippen molar-refractivity contribution < 1.29 is 14.1 Å². The summed E-state index contributed by atoms with van der Waals surface area (Å²) in [5, 5.41) is 14.4. The Bertz CT molecular complexity index is 805. The summed E-state index contributed by atoms with van der Waals surface area (Å²) >= 11 is 0. The van der Waals surface area contributed by atoms with E-state index < -0.39 is 4.92 Å². The van der Waals surface area contributed by atoms with E-state index in [0.29, 0.717) is 24.7 Å². The van der Waals surface area contributed by atoms with E-state index in [1.165, 1.54) is 24.3 Å². The van der Waals surface area contributed by atoms with Crippen LogP contribution in [-0.2, 0) is 4.74 Å². The number of anilines is 3. The van der Waals surface area contributed by atoms with Crippen LogP contribution in [0.25, 0.3) is 0 Å². The molecule has 26 heavy (non-hydrogen) atoms. The number of halogens is 1. The Morgan fingerprint density at radius 3 is 2.42 bits per heavy atom. The predicted molar refractivity (Wildman–Crippen MR) is 95.3 cm³/mol. The summed E-state index contributed by atoms with van der Waals surface area (Å²) in [5.74, 6) is 0.0940. The van der Waals surface area contributed by atoms with Crippen molar-refractivity contribution in [2.24, 2.45) is 0 Å². The van der Waals surface area contributed by atoms with E-state index in [-0.39, 0.29) is 35.2 Å². The molecule has 2 aromatic rings. The molecule has 1 fully saturated rings. The molecular weight excluding hydrogens is 341 g/mol. The summed E-state index contributed by atoms with van der Waals surface area (Å²) in [4.78, 5) is 21.6. The zero-order valence-corrected chi connectivity index (χ0v) is 14.8. The monoisotopic (exact) mass is 361 g/mol. The highest BCUT2D eigenvalue weighted by Crippen LogP contribution is 2.31. The molecule has 0 spiro atoms. The molecule has 2 atom stereocenters. The van der Waals surface area contributed by atoms with Crippen molar-refractivity contribution in [1.82, 2.24) is 9.97 Å². The number of nitrogens with one attached hydrogen (secondary N) is 1. The molecular formula is C17H20FN5O3. The summed E-state index contributed by atoms with van der Waals surface area (Å²) in [6.45, 7) is 6.68. The number of nitrogens with zero attached hydrogens (tertiary/aromatic N) is 4. The molecule has 0 unspecified atom stereocenters. The highest BCUT2D eigenvalue weighted by atomic mass is 19.1. The second-order valence-electron chi connectivity index (χ2n) is 6.36. The van der Waals surface area contributed by atoms with Crippen molar-refractivity contribution in [3.8, 4) is 0 Å². The van der Waals surface area contributed by atoms with Gasteiger partial charge in [0, 0.05) is 18.8 Å². The van der Waals surface area contributed by atoms with Gasteiger partial charge in [-0.05, 0) is 45.0 Å². The van der Waals surface area contributed by atoms with E-state index in [1.807, 2.05) is 18.7 Å². The number of hydrogen-bond donors (Lipinski definition) is 1.